The van der Waals surface area contributed by atoms with E-state index in [1.807, 2.05) is 0 Å². The van der Waals surface area contributed by atoms with Crippen molar-refractivity contribution in [3.63, 3.8) is 0 Å². The summed E-state index contributed by atoms with van der Waals surface area (Å²) in [6.45, 7) is 1.38. The lowest BCUT2D eigenvalue weighted by Crippen LogP contribution is -2.12. The van der Waals surface area contributed by atoms with Gasteiger partial charge in [-0.05, 0) is 18.2 Å². The van der Waals surface area contributed by atoms with E-state index in [1.54, 1.807) is 18.2 Å². The van der Waals surface area contributed by atoms with Crippen LogP contribution in [0.25, 0.3) is 10.2 Å². The van der Waals surface area contributed by atoms with Crippen LogP contribution in [0.1, 0.15) is 17.3 Å². The van der Waals surface area contributed by atoms with Crippen molar-refractivity contribution in [3.8, 4) is 0 Å². The number of fused-ring (bicyclic) bond motifs is 1. The Labute approximate surface area is 113 Å². The molecule has 0 saturated heterocycles. The highest BCUT2D eigenvalue weighted by Gasteiger charge is 2.10. The molecule has 2 rings (SSSR count). The van der Waals surface area contributed by atoms with Crippen molar-refractivity contribution in [2.45, 2.75) is 6.92 Å². The molecule has 0 aliphatic carbocycles. The molecule has 0 spiro atoms. The van der Waals surface area contributed by atoms with Crippen molar-refractivity contribution >= 4 is 38.6 Å². The van der Waals surface area contributed by atoms with Gasteiger partial charge < -0.3 is 15.2 Å². The molecule has 0 atom stereocenters. The second-order valence-electron chi connectivity index (χ2n) is 3.71. The quantitative estimate of drug-likeness (QED) is 0.675. The molecule has 19 heavy (non-hydrogen) atoms. The fourth-order valence-corrected chi connectivity index (χ4v) is 2.25. The number of ether oxygens (including phenoxy) is 2. The number of benzene rings is 1. The van der Waals surface area contributed by atoms with Gasteiger partial charge in [0.1, 0.15) is 13.2 Å². The van der Waals surface area contributed by atoms with Crippen LogP contribution in [0.15, 0.2) is 18.2 Å². The molecule has 0 unspecified atom stereocenters. The van der Waals surface area contributed by atoms with Crippen LogP contribution in [-0.4, -0.2) is 30.1 Å². The molecule has 2 aromatic rings. The summed E-state index contributed by atoms with van der Waals surface area (Å²) in [6.07, 6.45) is 0. The minimum atomic E-state index is -0.471. The van der Waals surface area contributed by atoms with Crippen molar-refractivity contribution < 1.29 is 19.1 Å². The summed E-state index contributed by atoms with van der Waals surface area (Å²) in [5.74, 6) is -0.876. The lowest BCUT2D eigenvalue weighted by molar-refractivity contribution is -0.142. The average Bonchev–Trinajstić information content (AvgIpc) is 2.73. The summed E-state index contributed by atoms with van der Waals surface area (Å²) in [7, 11) is 0. The molecule has 1 aromatic heterocycles. The maximum absolute atomic E-state index is 11.7. The molecule has 1 heterocycles. The lowest BCUT2D eigenvalue weighted by Gasteiger charge is -2.04. The summed E-state index contributed by atoms with van der Waals surface area (Å²) in [4.78, 5) is 26.4. The van der Waals surface area contributed by atoms with Gasteiger partial charge in [-0.1, -0.05) is 11.3 Å². The Morgan fingerprint density at radius 3 is 2.79 bits per heavy atom. The fourth-order valence-electron chi connectivity index (χ4n) is 1.47. The highest BCUT2D eigenvalue weighted by molar-refractivity contribution is 7.22. The first-order valence-corrected chi connectivity index (χ1v) is 6.34. The third kappa shape index (κ3) is 3.41. The Balaban J connectivity index is 1.98. The molecule has 0 aliphatic heterocycles. The second-order valence-corrected chi connectivity index (χ2v) is 4.77. The monoisotopic (exact) mass is 280 g/mol. The number of anilines is 1. The number of rotatable bonds is 4. The SMILES string of the molecule is CC(=O)OCCOC(=O)c1ccc2nc(N)sc2c1. The van der Waals surface area contributed by atoms with Gasteiger partial charge in [-0.2, -0.15) is 0 Å². The zero-order chi connectivity index (χ0) is 13.8. The standard InChI is InChI=1S/C12H12N2O4S/c1-7(15)17-4-5-18-11(16)8-2-3-9-10(6-8)19-12(13)14-9/h2-3,6H,4-5H2,1H3,(H2,13,14). The maximum Gasteiger partial charge on any atom is 0.338 e. The summed E-state index contributed by atoms with van der Waals surface area (Å²) in [6, 6.07) is 5.01. The molecular formula is C12H12N2O4S. The summed E-state index contributed by atoms with van der Waals surface area (Å²) >= 11 is 1.31. The first-order valence-electron chi connectivity index (χ1n) is 5.53. The van der Waals surface area contributed by atoms with Crippen LogP contribution in [0.5, 0.6) is 0 Å². The predicted molar refractivity (Wildman–Crippen MR) is 70.9 cm³/mol. The Morgan fingerprint density at radius 1 is 1.32 bits per heavy atom. The van der Waals surface area contributed by atoms with Crippen molar-refractivity contribution in [2.24, 2.45) is 0 Å². The van der Waals surface area contributed by atoms with Gasteiger partial charge >= 0.3 is 11.9 Å². The molecule has 1 aromatic carbocycles. The molecule has 0 aliphatic rings. The Bertz CT molecular complexity index is 623. The molecule has 6 nitrogen and oxygen atoms in total. The molecule has 7 heteroatoms. The first kappa shape index (κ1) is 13.3. The smallest absolute Gasteiger partial charge is 0.338 e. The molecule has 0 saturated carbocycles. The summed E-state index contributed by atoms with van der Waals surface area (Å²) in [5.41, 5.74) is 6.75. The number of carbonyl (C=O) groups is 2. The minimum Gasteiger partial charge on any atom is -0.462 e. The zero-order valence-corrected chi connectivity index (χ0v) is 11.0. The molecular weight excluding hydrogens is 268 g/mol. The molecule has 100 valence electrons. The number of hydrogen-bond donors (Lipinski definition) is 1. The first-order chi connectivity index (χ1) is 9.06. The van der Waals surface area contributed by atoms with Gasteiger partial charge in [-0.25, -0.2) is 9.78 Å². The number of hydrogen-bond acceptors (Lipinski definition) is 7. The molecule has 0 bridgehead atoms. The topological polar surface area (TPSA) is 91.5 Å². The van der Waals surface area contributed by atoms with E-state index in [1.165, 1.54) is 18.3 Å². The van der Waals surface area contributed by atoms with E-state index in [4.69, 9.17) is 10.5 Å². The Kier molecular flexibility index (Phi) is 3.96. The van der Waals surface area contributed by atoms with E-state index in [9.17, 15) is 9.59 Å². The number of thiazole rings is 1. The Morgan fingerprint density at radius 2 is 2.05 bits per heavy atom. The van der Waals surface area contributed by atoms with E-state index in [0.29, 0.717) is 10.7 Å². The highest BCUT2D eigenvalue weighted by atomic mass is 32.1. The van der Waals surface area contributed by atoms with E-state index < -0.39 is 11.9 Å². The normalized spacial score (nSPS) is 10.4. The van der Waals surface area contributed by atoms with Crippen LogP contribution < -0.4 is 5.73 Å². The van der Waals surface area contributed by atoms with Gasteiger partial charge in [0.05, 0.1) is 15.8 Å². The minimum absolute atomic E-state index is 0.0290. The van der Waals surface area contributed by atoms with E-state index in [0.717, 1.165) is 10.2 Å². The third-order valence-electron chi connectivity index (χ3n) is 2.26. The number of nitrogen functional groups attached to an aromatic ring is 1. The largest absolute Gasteiger partial charge is 0.462 e. The number of nitrogens with two attached hydrogens (primary N) is 1. The maximum atomic E-state index is 11.7. The fraction of sp³-hybridized carbons (Fsp3) is 0.250. The molecule has 2 N–H and O–H groups in total. The summed E-state index contributed by atoms with van der Waals surface area (Å²) in [5, 5.41) is 0.454. The van der Waals surface area contributed by atoms with Gasteiger partial charge in [-0.15, -0.1) is 0 Å². The number of nitrogens with zero attached hydrogens (tertiary/aromatic N) is 1. The van der Waals surface area contributed by atoms with Gasteiger partial charge in [0.25, 0.3) is 0 Å². The second kappa shape index (κ2) is 5.66. The Hall–Kier alpha value is -2.15. The van der Waals surface area contributed by atoms with Crippen molar-refractivity contribution in [3.05, 3.63) is 23.8 Å². The van der Waals surface area contributed by atoms with Crippen molar-refractivity contribution in [2.75, 3.05) is 18.9 Å². The summed E-state index contributed by atoms with van der Waals surface area (Å²) < 4.78 is 10.5. The predicted octanol–water partition coefficient (Wildman–Crippen LogP) is 1.60. The number of carbonyl (C=O) groups excluding carboxylic acids is 2. The highest BCUT2D eigenvalue weighted by Crippen LogP contribution is 2.24. The lowest BCUT2D eigenvalue weighted by atomic mass is 10.2. The van der Waals surface area contributed by atoms with Crippen LogP contribution >= 0.6 is 11.3 Å². The molecule has 0 radical (unpaired) electrons. The van der Waals surface area contributed by atoms with E-state index >= 15 is 0 Å². The molecule has 0 amide bonds. The van der Waals surface area contributed by atoms with Crippen LogP contribution in [0.2, 0.25) is 0 Å². The molecule has 0 fully saturated rings. The van der Waals surface area contributed by atoms with Gasteiger partial charge in [0.2, 0.25) is 0 Å². The average molecular weight is 280 g/mol. The zero-order valence-electron chi connectivity index (χ0n) is 10.2. The van der Waals surface area contributed by atoms with E-state index in [2.05, 4.69) is 9.72 Å². The van der Waals surface area contributed by atoms with Crippen LogP contribution in [0.4, 0.5) is 5.13 Å². The third-order valence-corrected chi connectivity index (χ3v) is 3.11. The van der Waals surface area contributed by atoms with Gasteiger partial charge in [-0.3, -0.25) is 4.79 Å². The van der Waals surface area contributed by atoms with Gasteiger partial charge in [0, 0.05) is 6.92 Å². The van der Waals surface area contributed by atoms with Gasteiger partial charge in [0.15, 0.2) is 5.13 Å². The number of esters is 2. The van der Waals surface area contributed by atoms with Crippen LogP contribution in [0.3, 0.4) is 0 Å². The van der Waals surface area contributed by atoms with Crippen LogP contribution in [0, 0.1) is 0 Å². The van der Waals surface area contributed by atoms with Crippen LogP contribution in [-0.2, 0) is 14.3 Å². The number of aromatic nitrogens is 1. The van der Waals surface area contributed by atoms with Crippen molar-refractivity contribution in [1.82, 2.24) is 4.98 Å². The van der Waals surface area contributed by atoms with E-state index in [-0.39, 0.29) is 13.2 Å². The van der Waals surface area contributed by atoms with Crippen molar-refractivity contribution in [1.29, 1.82) is 0 Å².